The molecule has 0 aliphatic carbocycles. The Kier molecular flexibility index (Phi) is 6.46. The van der Waals surface area contributed by atoms with E-state index in [1.54, 1.807) is 18.2 Å². The second-order valence-corrected chi connectivity index (χ2v) is 11.7. The number of carbonyl (C=O) groups is 1. The molecule has 3 saturated heterocycles. The number of hydrogen-bond acceptors (Lipinski definition) is 7. The Morgan fingerprint density at radius 2 is 1.72 bits per heavy atom. The molecule has 3 aliphatic heterocycles. The van der Waals surface area contributed by atoms with Crippen LogP contribution in [0.1, 0.15) is 44.9 Å². The van der Waals surface area contributed by atoms with Gasteiger partial charge in [-0.05, 0) is 63.7 Å². The van der Waals surface area contributed by atoms with Crippen LogP contribution in [0, 0.1) is 5.92 Å². The maximum absolute atomic E-state index is 13.4. The molecule has 5 rings (SSSR count). The van der Waals surface area contributed by atoms with Crippen LogP contribution in [0.25, 0.3) is 11.0 Å². The Hall–Kier alpha value is -1.62. The number of fused-ring (bicyclic) bond motifs is 1. The number of aromatic nitrogens is 2. The first-order chi connectivity index (χ1) is 15.5. The number of piperidine rings is 3. The van der Waals surface area contributed by atoms with Crippen molar-refractivity contribution in [3.63, 3.8) is 0 Å². The fourth-order valence-corrected chi connectivity index (χ4v) is 7.76. The molecule has 1 unspecified atom stereocenters. The van der Waals surface area contributed by atoms with Crippen LogP contribution in [0.2, 0.25) is 0 Å². The van der Waals surface area contributed by atoms with Crippen molar-refractivity contribution in [2.45, 2.75) is 55.9 Å². The summed E-state index contributed by atoms with van der Waals surface area (Å²) in [7, 11) is -3.72. The normalized spacial score (nSPS) is 24.8. The highest BCUT2D eigenvalue weighted by Gasteiger charge is 2.37. The van der Waals surface area contributed by atoms with E-state index in [9.17, 15) is 13.2 Å². The topological polar surface area (TPSA) is 86.7 Å². The summed E-state index contributed by atoms with van der Waals surface area (Å²) >= 11 is 1.02. The van der Waals surface area contributed by atoms with E-state index < -0.39 is 10.0 Å². The summed E-state index contributed by atoms with van der Waals surface area (Å²) in [6, 6.07) is 5.66. The fraction of sp³-hybridized carbons (Fsp3) is 0.682. The van der Waals surface area contributed by atoms with E-state index in [1.807, 2.05) is 4.90 Å². The maximum Gasteiger partial charge on any atom is 0.245 e. The Morgan fingerprint density at radius 1 is 0.938 bits per heavy atom. The molecule has 8 nitrogen and oxygen atoms in total. The molecule has 3 fully saturated rings. The van der Waals surface area contributed by atoms with Gasteiger partial charge in [0, 0.05) is 32.2 Å². The van der Waals surface area contributed by atoms with Gasteiger partial charge in [-0.2, -0.15) is 13.1 Å². The molecular formula is C22H31N5O3S2. The highest BCUT2D eigenvalue weighted by molar-refractivity contribution is 7.89. The third-order valence-electron chi connectivity index (χ3n) is 7.28. The van der Waals surface area contributed by atoms with Gasteiger partial charge in [0.15, 0.2) is 0 Å². The van der Waals surface area contributed by atoms with Gasteiger partial charge in [-0.25, -0.2) is 8.42 Å². The zero-order valence-corrected chi connectivity index (χ0v) is 20.0. The number of amides is 1. The smallest absolute Gasteiger partial charge is 0.245 e. The molecule has 174 valence electrons. The average Bonchev–Trinajstić information content (AvgIpc) is 3.33. The van der Waals surface area contributed by atoms with Crippen LogP contribution in [-0.4, -0.2) is 82.5 Å². The highest BCUT2D eigenvalue weighted by atomic mass is 32.2. The summed E-state index contributed by atoms with van der Waals surface area (Å²) in [6.45, 7) is 4.64. The Morgan fingerprint density at radius 3 is 2.50 bits per heavy atom. The summed E-state index contributed by atoms with van der Waals surface area (Å²) in [4.78, 5) is 18.1. The van der Waals surface area contributed by atoms with E-state index in [4.69, 9.17) is 0 Å². The first-order valence-corrected chi connectivity index (χ1v) is 14.0. The van der Waals surface area contributed by atoms with Crippen LogP contribution in [0.5, 0.6) is 0 Å². The van der Waals surface area contributed by atoms with Crippen molar-refractivity contribution in [3.05, 3.63) is 18.2 Å². The van der Waals surface area contributed by atoms with Gasteiger partial charge in [0.2, 0.25) is 15.9 Å². The van der Waals surface area contributed by atoms with Gasteiger partial charge in [-0.1, -0.05) is 12.5 Å². The number of nitrogens with zero attached hydrogens (tertiary/aromatic N) is 5. The molecule has 0 spiro atoms. The summed E-state index contributed by atoms with van der Waals surface area (Å²) in [5, 5.41) is 0. The number of likely N-dealkylation sites (tertiary alicyclic amines) is 2. The minimum Gasteiger partial charge on any atom is -0.342 e. The molecule has 1 amide bonds. The second-order valence-electron chi connectivity index (χ2n) is 9.24. The molecule has 10 heteroatoms. The Balaban J connectivity index is 1.24. The third-order valence-corrected chi connectivity index (χ3v) is 9.72. The molecule has 0 saturated carbocycles. The Labute approximate surface area is 193 Å². The predicted molar refractivity (Wildman–Crippen MR) is 124 cm³/mol. The standard InChI is InChI=1S/C22H31N5O3S2/c28-22(26-14-9-18(10-15-26)25-11-2-1-3-12-25)17-6-5-13-27(16-17)32(29,30)20-8-4-7-19-21(20)24-31-23-19/h4,7-8,17-18H,1-3,5-6,9-16H2. The third kappa shape index (κ3) is 4.30. The number of sulfonamides is 1. The van der Waals surface area contributed by atoms with Gasteiger partial charge in [0.1, 0.15) is 15.9 Å². The van der Waals surface area contributed by atoms with Crippen molar-refractivity contribution in [2.75, 3.05) is 39.3 Å². The summed E-state index contributed by atoms with van der Waals surface area (Å²) in [5.41, 5.74) is 1.02. The first-order valence-electron chi connectivity index (χ1n) is 11.8. The zero-order valence-electron chi connectivity index (χ0n) is 18.4. The molecule has 4 heterocycles. The van der Waals surface area contributed by atoms with Crippen LogP contribution in [0.3, 0.4) is 0 Å². The number of carbonyl (C=O) groups excluding carboxylic acids is 1. The molecule has 2 aromatic rings. The van der Waals surface area contributed by atoms with Gasteiger partial charge < -0.3 is 9.80 Å². The van der Waals surface area contributed by atoms with Gasteiger partial charge >= 0.3 is 0 Å². The van der Waals surface area contributed by atoms with Crippen LogP contribution < -0.4 is 0 Å². The second kappa shape index (κ2) is 9.32. The molecule has 0 radical (unpaired) electrons. The maximum atomic E-state index is 13.4. The molecule has 3 aliphatic rings. The molecule has 0 N–H and O–H groups in total. The van der Waals surface area contributed by atoms with Crippen LogP contribution in [-0.2, 0) is 14.8 Å². The molecule has 32 heavy (non-hydrogen) atoms. The molecular weight excluding hydrogens is 446 g/mol. The van der Waals surface area contributed by atoms with E-state index in [-0.39, 0.29) is 23.3 Å². The first kappa shape index (κ1) is 22.2. The number of hydrogen-bond donors (Lipinski definition) is 0. The fourth-order valence-electron chi connectivity index (χ4n) is 5.48. The van der Waals surface area contributed by atoms with Gasteiger partial charge in [-0.3, -0.25) is 4.79 Å². The van der Waals surface area contributed by atoms with Gasteiger partial charge in [-0.15, -0.1) is 0 Å². The van der Waals surface area contributed by atoms with Gasteiger partial charge in [0.05, 0.1) is 17.6 Å². The van der Waals surface area contributed by atoms with E-state index >= 15 is 0 Å². The molecule has 1 atom stereocenters. The van der Waals surface area contributed by atoms with Crippen LogP contribution in [0.4, 0.5) is 0 Å². The minimum atomic E-state index is -3.72. The van der Waals surface area contributed by atoms with E-state index in [0.29, 0.717) is 30.0 Å². The van der Waals surface area contributed by atoms with Crippen molar-refractivity contribution in [1.29, 1.82) is 0 Å². The molecule has 1 aromatic carbocycles. The largest absolute Gasteiger partial charge is 0.342 e. The Bertz CT molecular complexity index is 1060. The molecule has 0 bridgehead atoms. The lowest BCUT2D eigenvalue weighted by Crippen LogP contribution is -2.51. The zero-order chi connectivity index (χ0) is 22.1. The summed E-state index contributed by atoms with van der Waals surface area (Å²) < 4.78 is 36.6. The average molecular weight is 478 g/mol. The van der Waals surface area contributed by atoms with Crippen molar-refractivity contribution < 1.29 is 13.2 Å². The van der Waals surface area contributed by atoms with Crippen molar-refractivity contribution >= 4 is 38.7 Å². The van der Waals surface area contributed by atoms with Crippen LogP contribution in [0.15, 0.2) is 23.1 Å². The lowest BCUT2D eigenvalue weighted by Gasteiger charge is -2.41. The molecule has 1 aromatic heterocycles. The number of benzene rings is 1. The number of rotatable bonds is 4. The van der Waals surface area contributed by atoms with Gasteiger partial charge in [0.25, 0.3) is 0 Å². The minimum absolute atomic E-state index is 0.121. The van der Waals surface area contributed by atoms with E-state index in [1.165, 1.54) is 36.7 Å². The summed E-state index contributed by atoms with van der Waals surface area (Å²) in [6.07, 6.45) is 7.41. The summed E-state index contributed by atoms with van der Waals surface area (Å²) in [5.74, 6) is -0.145. The quantitative estimate of drug-likeness (QED) is 0.673. The van der Waals surface area contributed by atoms with Crippen molar-refractivity contribution in [2.24, 2.45) is 5.92 Å². The predicted octanol–water partition coefficient (Wildman–Crippen LogP) is 2.57. The lowest BCUT2D eigenvalue weighted by molar-refractivity contribution is -0.138. The highest BCUT2D eigenvalue weighted by Crippen LogP contribution is 2.30. The van der Waals surface area contributed by atoms with E-state index in [0.717, 1.165) is 44.1 Å². The monoisotopic (exact) mass is 477 g/mol. The van der Waals surface area contributed by atoms with E-state index in [2.05, 4.69) is 13.6 Å². The lowest BCUT2D eigenvalue weighted by atomic mass is 9.95. The SMILES string of the molecule is O=C(C1CCCN(S(=O)(=O)c2cccc3nsnc23)C1)N1CCC(N2CCCCC2)CC1. The van der Waals surface area contributed by atoms with Crippen LogP contribution >= 0.6 is 11.7 Å². The van der Waals surface area contributed by atoms with Crippen molar-refractivity contribution in [1.82, 2.24) is 22.9 Å². The van der Waals surface area contributed by atoms with Crippen molar-refractivity contribution in [3.8, 4) is 0 Å².